The molecule has 23 heavy (non-hydrogen) atoms. The molecule has 1 aliphatic rings. The van der Waals surface area contributed by atoms with Gasteiger partial charge in [0.05, 0.1) is 10.6 Å². The van der Waals surface area contributed by atoms with Crippen LogP contribution in [0.4, 0.5) is 11.4 Å². The molecule has 1 N–H and O–H groups in total. The number of nitrogens with one attached hydrogen (secondary N) is 1. The van der Waals surface area contributed by atoms with Crippen LogP contribution in [-0.4, -0.2) is 11.5 Å². The van der Waals surface area contributed by atoms with E-state index in [1.807, 2.05) is 37.3 Å². The van der Waals surface area contributed by atoms with Crippen LogP contribution in [0.15, 0.2) is 52.4 Å². The van der Waals surface area contributed by atoms with Gasteiger partial charge >= 0.3 is 0 Å². The van der Waals surface area contributed by atoms with E-state index in [1.54, 1.807) is 6.07 Å². The second kappa shape index (κ2) is 5.79. The number of nitrogens with zero attached hydrogens (tertiary/aromatic N) is 3. The summed E-state index contributed by atoms with van der Waals surface area (Å²) in [4.78, 5) is 20.2. The molecule has 2 aromatic rings. The summed E-state index contributed by atoms with van der Waals surface area (Å²) >= 11 is 0. The number of nitro groups is 1. The zero-order valence-corrected chi connectivity index (χ0v) is 13.1. The molecule has 0 saturated heterocycles. The number of hydrogen-bond donors (Lipinski definition) is 1. The van der Waals surface area contributed by atoms with Crippen LogP contribution in [0.1, 0.15) is 25.8 Å². The van der Waals surface area contributed by atoms with E-state index in [0.29, 0.717) is 10.7 Å². The normalized spacial score (nSPS) is 18.7. The molecule has 1 heterocycles. The standard InChI is InChI=1S/C17H18N4O2/c1-3-11-18-13-9-10-14(21(22)23)16-15(13)19-17(2,20-16)12-7-5-4-6-8-12/h4-10,18H,3,11H2,1-2H3. The van der Waals surface area contributed by atoms with Crippen molar-refractivity contribution in [2.45, 2.75) is 25.9 Å². The zero-order valence-electron chi connectivity index (χ0n) is 13.1. The van der Waals surface area contributed by atoms with E-state index in [-0.39, 0.29) is 5.69 Å². The number of rotatable bonds is 5. The predicted molar refractivity (Wildman–Crippen MR) is 88.0 cm³/mol. The molecule has 0 fully saturated rings. The Morgan fingerprint density at radius 3 is 2.48 bits per heavy atom. The number of fused-ring (bicyclic) bond motifs is 1. The van der Waals surface area contributed by atoms with E-state index in [1.165, 1.54) is 6.07 Å². The number of non-ortho nitro benzene ring substituents is 1. The lowest BCUT2D eigenvalue weighted by atomic mass is 10.0. The lowest BCUT2D eigenvalue weighted by molar-refractivity contribution is -0.386. The van der Waals surface area contributed by atoms with Crippen molar-refractivity contribution in [1.29, 1.82) is 0 Å². The van der Waals surface area contributed by atoms with Crippen molar-refractivity contribution in [2.75, 3.05) is 11.9 Å². The molecule has 0 aliphatic carbocycles. The monoisotopic (exact) mass is 310 g/mol. The summed E-state index contributed by atoms with van der Waals surface area (Å²) in [5.74, 6) is 0. The van der Waals surface area contributed by atoms with Gasteiger partial charge in [-0.1, -0.05) is 37.3 Å². The van der Waals surface area contributed by atoms with Crippen molar-refractivity contribution in [3.05, 3.63) is 68.9 Å². The van der Waals surface area contributed by atoms with Crippen molar-refractivity contribution in [1.82, 2.24) is 0 Å². The van der Waals surface area contributed by atoms with E-state index in [0.717, 1.165) is 24.2 Å². The second-order valence-corrected chi connectivity index (χ2v) is 5.62. The number of hydrogen-bond acceptors (Lipinski definition) is 5. The Kier molecular flexibility index (Phi) is 3.82. The largest absolute Gasteiger partial charge is 0.383 e. The summed E-state index contributed by atoms with van der Waals surface area (Å²) in [5, 5.41) is 15.5. The summed E-state index contributed by atoms with van der Waals surface area (Å²) in [6.45, 7) is 4.71. The third-order valence-electron chi connectivity index (χ3n) is 3.87. The van der Waals surface area contributed by atoms with Gasteiger partial charge in [0.15, 0.2) is 11.0 Å². The highest BCUT2D eigenvalue weighted by Crippen LogP contribution is 2.28. The minimum absolute atomic E-state index is 0.00884. The second-order valence-electron chi connectivity index (χ2n) is 5.62. The highest BCUT2D eigenvalue weighted by Gasteiger charge is 2.31. The Labute approximate surface area is 133 Å². The molecule has 118 valence electrons. The third kappa shape index (κ3) is 2.67. The maximum absolute atomic E-state index is 11.3. The first-order chi connectivity index (χ1) is 11.0. The lowest BCUT2D eigenvalue weighted by Crippen LogP contribution is -2.28. The van der Waals surface area contributed by atoms with Crippen LogP contribution in [0, 0.1) is 10.1 Å². The Morgan fingerprint density at radius 1 is 1.13 bits per heavy atom. The van der Waals surface area contributed by atoms with Crippen LogP contribution in [0.3, 0.4) is 0 Å². The fourth-order valence-corrected chi connectivity index (χ4v) is 2.69. The molecule has 6 nitrogen and oxygen atoms in total. The van der Waals surface area contributed by atoms with E-state index < -0.39 is 10.6 Å². The lowest BCUT2D eigenvalue weighted by Gasteiger charge is -2.17. The summed E-state index contributed by atoms with van der Waals surface area (Å²) in [6, 6.07) is 12.8. The maximum atomic E-state index is 11.3. The van der Waals surface area contributed by atoms with Gasteiger partial charge in [-0.15, -0.1) is 0 Å². The Hall–Kier alpha value is -2.76. The van der Waals surface area contributed by atoms with Crippen LogP contribution in [0.5, 0.6) is 0 Å². The van der Waals surface area contributed by atoms with E-state index in [4.69, 9.17) is 4.99 Å². The number of benzene rings is 2. The summed E-state index contributed by atoms with van der Waals surface area (Å²) in [7, 11) is 0. The van der Waals surface area contributed by atoms with Crippen LogP contribution in [0.25, 0.3) is 0 Å². The highest BCUT2D eigenvalue weighted by molar-refractivity contribution is 5.49. The fourth-order valence-electron chi connectivity index (χ4n) is 2.69. The first-order valence-corrected chi connectivity index (χ1v) is 7.62. The Balaban J connectivity index is 2.22. The van der Waals surface area contributed by atoms with Crippen LogP contribution >= 0.6 is 0 Å². The fraction of sp³-hybridized carbons (Fsp3) is 0.294. The first-order valence-electron chi connectivity index (χ1n) is 7.62. The summed E-state index contributed by atoms with van der Waals surface area (Å²) in [6.07, 6.45) is 0.957. The summed E-state index contributed by atoms with van der Waals surface area (Å²) < 4.78 is 0. The van der Waals surface area contributed by atoms with Crippen molar-refractivity contribution in [3.8, 4) is 0 Å². The number of anilines is 1. The van der Waals surface area contributed by atoms with Gasteiger partial charge < -0.3 is 5.32 Å². The van der Waals surface area contributed by atoms with Crippen LogP contribution in [-0.2, 0) is 5.66 Å². The van der Waals surface area contributed by atoms with Gasteiger partial charge in [0.2, 0.25) is 0 Å². The molecule has 0 amide bonds. The molecule has 0 bridgehead atoms. The topological polar surface area (TPSA) is 79.9 Å². The van der Waals surface area contributed by atoms with Crippen LogP contribution < -0.4 is 16.0 Å². The molecule has 6 heteroatoms. The van der Waals surface area contributed by atoms with Gasteiger partial charge in [0.25, 0.3) is 5.69 Å². The molecule has 3 rings (SSSR count). The molecule has 2 aromatic carbocycles. The SMILES string of the molecule is CCCNc1ccc([N+](=O)[O-])c2c1=NC(C)(c1ccccc1)N=2. The van der Waals surface area contributed by atoms with E-state index in [2.05, 4.69) is 17.2 Å². The molecule has 1 aliphatic heterocycles. The molecule has 0 radical (unpaired) electrons. The average molecular weight is 310 g/mol. The molecular formula is C17H18N4O2. The highest BCUT2D eigenvalue weighted by atomic mass is 16.6. The smallest absolute Gasteiger partial charge is 0.296 e. The van der Waals surface area contributed by atoms with E-state index >= 15 is 0 Å². The minimum Gasteiger partial charge on any atom is -0.383 e. The minimum atomic E-state index is -0.835. The molecule has 0 spiro atoms. The van der Waals surface area contributed by atoms with Gasteiger partial charge in [-0.3, -0.25) is 10.1 Å². The van der Waals surface area contributed by atoms with Crippen molar-refractivity contribution >= 4 is 11.4 Å². The molecule has 0 saturated carbocycles. The Bertz CT molecular complexity index is 864. The van der Waals surface area contributed by atoms with Gasteiger partial charge in [-0.25, -0.2) is 9.98 Å². The number of nitro benzene ring substituents is 1. The predicted octanol–water partition coefficient (Wildman–Crippen LogP) is 2.54. The van der Waals surface area contributed by atoms with Crippen LogP contribution in [0.2, 0.25) is 0 Å². The van der Waals surface area contributed by atoms with Crippen molar-refractivity contribution < 1.29 is 4.92 Å². The third-order valence-corrected chi connectivity index (χ3v) is 3.87. The average Bonchev–Trinajstić information content (AvgIpc) is 2.92. The van der Waals surface area contributed by atoms with Gasteiger partial charge in [0.1, 0.15) is 5.36 Å². The van der Waals surface area contributed by atoms with Crippen molar-refractivity contribution in [2.24, 2.45) is 9.98 Å². The first kappa shape index (κ1) is 15.1. The molecule has 1 unspecified atom stereocenters. The van der Waals surface area contributed by atoms with E-state index in [9.17, 15) is 10.1 Å². The molecule has 0 aromatic heterocycles. The van der Waals surface area contributed by atoms with Crippen molar-refractivity contribution in [3.63, 3.8) is 0 Å². The molecule has 1 atom stereocenters. The Morgan fingerprint density at radius 2 is 1.83 bits per heavy atom. The zero-order chi connectivity index (χ0) is 16.4. The molecular weight excluding hydrogens is 292 g/mol. The van der Waals surface area contributed by atoms with Gasteiger partial charge in [0, 0.05) is 18.2 Å². The quantitative estimate of drug-likeness (QED) is 0.681. The summed E-state index contributed by atoms with van der Waals surface area (Å²) in [5.41, 5.74) is 0.853. The van der Waals surface area contributed by atoms with Gasteiger partial charge in [-0.2, -0.15) is 0 Å². The van der Waals surface area contributed by atoms with Gasteiger partial charge in [-0.05, 0) is 19.4 Å². The maximum Gasteiger partial charge on any atom is 0.296 e.